The van der Waals surface area contributed by atoms with Gasteiger partial charge in [0.25, 0.3) is 0 Å². The third-order valence-corrected chi connectivity index (χ3v) is 4.32. The summed E-state index contributed by atoms with van der Waals surface area (Å²) in [6.45, 7) is 0.338. The molecule has 0 aliphatic heterocycles. The predicted octanol–water partition coefficient (Wildman–Crippen LogP) is 5.04. The maximum absolute atomic E-state index is 10.9. The topological polar surface area (TPSA) is 79.5 Å². The summed E-state index contributed by atoms with van der Waals surface area (Å²) in [5.41, 5.74) is 3.38. The lowest BCUT2D eigenvalue weighted by molar-refractivity contribution is 0.0697. The molecule has 0 aromatic heterocycles. The van der Waals surface area contributed by atoms with Gasteiger partial charge in [-0.25, -0.2) is 4.79 Å². The molecule has 1 N–H and O–H groups in total. The first-order chi connectivity index (χ1) is 14.1. The van der Waals surface area contributed by atoms with Crippen molar-refractivity contribution in [3.8, 4) is 17.6 Å². The molecule has 0 spiro atoms. The first-order valence-electron chi connectivity index (χ1n) is 8.90. The first kappa shape index (κ1) is 19.7. The summed E-state index contributed by atoms with van der Waals surface area (Å²) in [6, 6.07) is 23.6. The number of hydrogen-bond donors (Lipinski definition) is 1. The molecule has 0 aliphatic carbocycles. The summed E-state index contributed by atoms with van der Waals surface area (Å²) >= 11 is 0. The molecule has 0 amide bonds. The van der Waals surface area contributed by atoms with E-state index in [4.69, 9.17) is 14.6 Å². The maximum atomic E-state index is 10.9. The molecule has 144 valence electrons. The second-order valence-electron chi connectivity index (χ2n) is 6.26. The zero-order valence-corrected chi connectivity index (χ0v) is 15.8. The zero-order chi connectivity index (χ0) is 20.6. The summed E-state index contributed by atoms with van der Waals surface area (Å²) in [6.07, 6.45) is 1.82. The Labute approximate surface area is 169 Å². The van der Waals surface area contributed by atoms with Crippen molar-refractivity contribution in [3.05, 3.63) is 95.1 Å². The standard InChI is InChI=1S/C24H19NO4/c1-28-22-12-8-19(9-13-22)21(15-25)14-17-4-10-23(11-5-17)29-16-18-2-6-20(7-3-18)24(26)27/h2-14H,16H2,1H3,(H,26,27)/b21-14+. The van der Waals surface area contributed by atoms with Gasteiger partial charge in [-0.15, -0.1) is 0 Å². The van der Waals surface area contributed by atoms with Gasteiger partial charge in [-0.3, -0.25) is 0 Å². The Hall–Kier alpha value is -4.04. The van der Waals surface area contributed by atoms with Crippen LogP contribution in [0.3, 0.4) is 0 Å². The van der Waals surface area contributed by atoms with Gasteiger partial charge in [0, 0.05) is 0 Å². The van der Waals surface area contributed by atoms with Gasteiger partial charge in [0.15, 0.2) is 0 Å². The number of carboxylic acid groups (broad SMARTS) is 1. The Morgan fingerprint density at radius 2 is 1.52 bits per heavy atom. The fourth-order valence-corrected chi connectivity index (χ4v) is 2.69. The summed E-state index contributed by atoms with van der Waals surface area (Å²) in [4.78, 5) is 10.9. The highest BCUT2D eigenvalue weighted by molar-refractivity contribution is 5.89. The number of nitrogens with zero attached hydrogens (tertiary/aromatic N) is 1. The van der Waals surface area contributed by atoms with Crippen LogP contribution in [0.5, 0.6) is 11.5 Å². The Kier molecular flexibility index (Phi) is 6.29. The molecule has 0 saturated heterocycles. The van der Waals surface area contributed by atoms with E-state index in [1.54, 1.807) is 31.4 Å². The van der Waals surface area contributed by atoms with Crippen molar-refractivity contribution in [3.63, 3.8) is 0 Å². The average molecular weight is 385 g/mol. The van der Waals surface area contributed by atoms with E-state index in [1.165, 1.54) is 0 Å². The van der Waals surface area contributed by atoms with Crippen molar-refractivity contribution in [2.24, 2.45) is 0 Å². The quantitative estimate of drug-likeness (QED) is 0.455. The molecule has 3 aromatic rings. The van der Waals surface area contributed by atoms with Gasteiger partial charge >= 0.3 is 5.97 Å². The second-order valence-corrected chi connectivity index (χ2v) is 6.26. The van der Waals surface area contributed by atoms with E-state index in [9.17, 15) is 10.1 Å². The van der Waals surface area contributed by atoms with Crippen molar-refractivity contribution in [1.29, 1.82) is 5.26 Å². The lowest BCUT2D eigenvalue weighted by Crippen LogP contribution is -1.98. The number of nitriles is 1. The van der Waals surface area contributed by atoms with Crippen LogP contribution in [0.1, 0.15) is 27.0 Å². The van der Waals surface area contributed by atoms with Crippen LogP contribution in [-0.4, -0.2) is 18.2 Å². The van der Waals surface area contributed by atoms with Crippen LogP contribution in [0.25, 0.3) is 11.6 Å². The summed E-state index contributed by atoms with van der Waals surface area (Å²) < 4.78 is 10.9. The normalized spacial score (nSPS) is 10.8. The number of benzene rings is 3. The van der Waals surface area contributed by atoms with Crippen LogP contribution in [0.15, 0.2) is 72.8 Å². The fourth-order valence-electron chi connectivity index (χ4n) is 2.69. The Bertz CT molecular complexity index is 1040. The number of hydrogen-bond acceptors (Lipinski definition) is 4. The van der Waals surface area contributed by atoms with Gasteiger partial charge in [0.1, 0.15) is 18.1 Å². The first-order valence-corrected chi connectivity index (χ1v) is 8.90. The van der Waals surface area contributed by atoms with Crippen LogP contribution < -0.4 is 9.47 Å². The number of allylic oxidation sites excluding steroid dienone is 1. The van der Waals surface area contributed by atoms with Gasteiger partial charge < -0.3 is 14.6 Å². The summed E-state index contributed by atoms with van der Waals surface area (Å²) in [7, 11) is 1.60. The minimum Gasteiger partial charge on any atom is -0.497 e. The highest BCUT2D eigenvalue weighted by Crippen LogP contribution is 2.22. The molecule has 0 fully saturated rings. The fraction of sp³-hybridized carbons (Fsp3) is 0.0833. The van der Waals surface area contributed by atoms with E-state index in [0.29, 0.717) is 17.9 Å². The molecule has 0 atom stereocenters. The maximum Gasteiger partial charge on any atom is 0.335 e. The van der Waals surface area contributed by atoms with Crippen LogP contribution in [-0.2, 0) is 6.61 Å². The average Bonchev–Trinajstić information content (AvgIpc) is 2.77. The number of carbonyl (C=O) groups is 1. The zero-order valence-electron chi connectivity index (χ0n) is 15.8. The van der Waals surface area contributed by atoms with E-state index < -0.39 is 5.97 Å². The van der Waals surface area contributed by atoms with E-state index >= 15 is 0 Å². The smallest absolute Gasteiger partial charge is 0.335 e. The molecule has 3 rings (SSSR count). The van der Waals surface area contributed by atoms with E-state index in [0.717, 1.165) is 22.4 Å². The summed E-state index contributed by atoms with van der Waals surface area (Å²) in [5.74, 6) is 0.477. The van der Waals surface area contributed by atoms with Crippen LogP contribution >= 0.6 is 0 Å². The lowest BCUT2D eigenvalue weighted by Gasteiger charge is -2.07. The molecule has 5 nitrogen and oxygen atoms in total. The van der Waals surface area contributed by atoms with Crippen LogP contribution in [0.2, 0.25) is 0 Å². The number of rotatable bonds is 7. The Morgan fingerprint density at radius 3 is 2.07 bits per heavy atom. The van der Waals surface area contributed by atoms with Crippen molar-refractivity contribution >= 4 is 17.6 Å². The third kappa shape index (κ3) is 5.24. The number of carboxylic acids is 1. The Morgan fingerprint density at radius 1 is 0.931 bits per heavy atom. The summed E-state index contributed by atoms with van der Waals surface area (Å²) in [5, 5.41) is 18.4. The molecule has 5 heteroatoms. The minimum absolute atomic E-state index is 0.245. The van der Waals surface area contributed by atoms with E-state index in [1.807, 2.05) is 54.6 Å². The highest BCUT2D eigenvalue weighted by atomic mass is 16.5. The van der Waals surface area contributed by atoms with Gasteiger partial charge in [-0.05, 0) is 71.3 Å². The molecule has 0 saturated carbocycles. The largest absolute Gasteiger partial charge is 0.497 e. The number of ether oxygens (including phenoxy) is 2. The second kappa shape index (κ2) is 9.25. The van der Waals surface area contributed by atoms with Crippen molar-refractivity contribution in [1.82, 2.24) is 0 Å². The lowest BCUT2D eigenvalue weighted by atomic mass is 10.0. The molecule has 0 heterocycles. The highest BCUT2D eigenvalue weighted by Gasteiger charge is 2.04. The molecular formula is C24H19NO4. The monoisotopic (exact) mass is 385 g/mol. The molecule has 0 unspecified atom stereocenters. The van der Waals surface area contributed by atoms with Gasteiger partial charge in [-0.1, -0.05) is 24.3 Å². The van der Waals surface area contributed by atoms with Crippen molar-refractivity contribution < 1.29 is 19.4 Å². The molecular weight excluding hydrogens is 366 g/mol. The molecule has 29 heavy (non-hydrogen) atoms. The predicted molar refractivity (Wildman–Crippen MR) is 111 cm³/mol. The Balaban J connectivity index is 1.66. The SMILES string of the molecule is COc1ccc(/C(C#N)=C/c2ccc(OCc3ccc(C(=O)O)cc3)cc2)cc1. The van der Waals surface area contributed by atoms with Gasteiger partial charge in [0.05, 0.1) is 24.3 Å². The van der Waals surface area contributed by atoms with E-state index in [2.05, 4.69) is 6.07 Å². The van der Waals surface area contributed by atoms with Crippen molar-refractivity contribution in [2.45, 2.75) is 6.61 Å². The molecule has 3 aromatic carbocycles. The third-order valence-electron chi connectivity index (χ3n) is 4.32. The van der Waals surface area contributed by atoms with E-state index in [-0.39, 0.29) is 5.56 Å². The molecule has 0 bridgehead atoms. The van der Waals surface area contributed by atoms with Gasteiger partial charge in [-0.2, -0.15) is 5.26 Å². The molecule has 0 radical (unpaired) electrons. The van der Waals surface area contributed by atoms with Gasteiger partial charge in [0.2, 0.25) is 0 Å². The minimum atomic E-state index is -0.951. The molecule has 0 aliphatic rings. The van der Waals surface area contributed by atoms with Crippen LogP contribution in [0.4, 0.5) is 0 Å². The number of methoxy groups -OCH3 is 1. The van der Waals surface area contributed by atoms with Crippen molar-refractivity contribution in [2.75, 3.05) is 7.11 Å². The van der Waals surface area contributed by atoms with Crippen LogP contribution in [0, 0.1) is 11.3 Å². The number of aromatic carboxylic acids is 1.